The molecule has 0 saturated carbocycles. The molecule has 106 valence electrons. The molecule has 2 rings (SSSR count). The minimum absolute atomic E-state index is 0.106. The van der Waals surface area contributed by atoms with E-state index in [4.69, 9.17) is 28.5 Å². The van der Waals surface area contributed by atoms with Gasteiger partial charge in [-0.25, -0.2) is 0 Å². The highest BCUT2D eigenvalue weighted by Crippen LogP contribution is 2.39. The normalized spacial score (nSPS) is 10.0. The molecule has 0 unspecified atom stereocenters. The lowest BCUT2D eigenvalue weighted by Gasteiger charge is -2.20. The van der Waals surface area contributed by atoms with Gasteiger partial charge in [0.2, 0.25) is 0 Å². The van der Waals surface area contributed by atoms with Gasteiger partial charge in [-0.15, -0.1) is 0 Å². The molecule has 2 aromatic rings. The van der Waals surface area contributed by atoms with Crippen LogP contribution in [0.25, 0.3) is 0 Å². The fraction of sp³-hybridized carbons (Fsp3) is 0.0714. The Hall–Kier alpha value is -2.29. The Morgan fingerprint density at radius 2 is 1.81 bits per heavy atom. The molecule has 0 bridgehead atoms. The second kappa shape index (κ2) is 6.00. The van der Waals surface area contributed by atoms with E-state index in [9.17, 15) is 10.1 Å². The maximum absolute atomic E-state index is 11.2. The van der Waals surface area contributed by atoms with Crippen LogP contribution in [0, 0.1) is 21.4 Å². The zero-order chi connectivity index (χ0) is 15.6. The molecule has 0 aliphatic carbocycles. The van der Waals surface area contributed by atoms with Gasteiger partial charge in [-0.1, -0.05) is 35.3 Å². The predicted molar refractivity (Wildman–Crippen MR) is 82.3 cm³/mol. The van der Waals surface area contributed by atoms with Crippen LogP contribution in [0.2, 0.25) is 10.0 Å². The summed E-state index contributed by atoms with van der Waals surface area (Å²) in [5, 5.41) is 20.6. The van der Waals surface area contributed by atoms with E-state index in [1.54, 1.807) is 36.2 Å². The van der Waals surface area contributed by atoms with Crippen molar-refractivity contribution in [3.8, 4) is 6.07 Å². The average molecular weight is 322 g/mol. The minimum Gasteiger partial charge on any atom is -0.338 e. The SMILES string of the molecule is CN(c1ccccc1C#N)c1cc(Cl)c(Cl)cc1[N+](=O)[O-]. The van der Waals surface area contributed by atoms with Crippen LogP contribution in [0.3, 0.4) is 0 Å². The van der Waals surface area contributed by atoms with Crippen LogP contribution in [0.1, 0.15) is 5.56 Å². The van der Waals surface area contributed by atoms with Crippen LogP contribution in [0.4, 0.5) is 17.1 Å². The summed E-state index contributed by atoms with van der Waals surface area (Å²) in [5.41, 5.74) is 1.03. The van der Waals surface area contributed by atoms with Crippen molar-refractivity contribution in [3.63, 3.8) is 0 Å². The highest BCUT2D eigenvalue weighted by molar-refractivity contribution is 6.42. The van der Waals surface area contributed by atoms with Crippen molar-refractivity contribution < 1.29 is 4.92 Å². The molecule has 0 aliphatic rings. The lowest BCUT2D eigenvalue weighted by Crippen LogP contribution is -2.13. The standard InChI is InChI=1S/C14H9Cl2N3O2/c1-18(12-5-3-2-4-9(12)8-17)13-6-10(15)11(16)7-14(13)19(20)21/h2-7H,1H3. The Bertz CT molecular complexity index is 756. The quantitative estimate of drug-likeness (QED) is 0.614. The predicted octanol–water partition coefficient (Wildman–Crippen LogP) is 4.54. The third-order valence-corrected chi connectivity index (χ3v) is 3.68. The number of anilines is 2. The van der Waals surface area contributed by atoms with E-state index in [2.05, 4.69) is 6.07 Å². The topological polar surface area (TPSA) is 70.2 Å². The van der Waals surface area contributed by atoms with E-state index in [1.807, 2.05) is 0 Å². The number of halogens is 2. The summed E-state index contributed by atoms with van der Waals surface area (Å²) in [5.74, 6) is 0. The Labute approximate surface area is 131 Å². The maximum atomic E-state index is 11.2. The molecule has 21 heavy (non-hydrogen) atoms. The van der Waals surface area contributed by atoms with Crippen LogP contribution < -0.4 is 4.90 Å². The van der Waals surface area contributed by atoms with Gasteiger partial charge in [0.25, 0.3) is 5.69 Å². The largest absolute Gasteiger partial charge is 0.338 e. The van der Waals surface area contributed by atoms with E-state index >= 15 is 0 Å². The number of nitro groups is 1. The van der Waals surface area contributed by atoms with Crippen molar-refractivity contribution in [2.45, 2.75) is 0 Å². The highest BCUT2D eigenvalue weighted by atomic mass is 35.5. The van der Waals surface area contributed by atoms with Crippen molar-refractivity contribution in [2.24, 2.45) is 0 Å². The fourth-order valence-corrected chi connectivity index (χ4v) is 2.25. The summed E-state index contributed by atoms with van der Waals surface area (Å²) in [6, 6.07) is 11.5. The molecule has 7 heteroatoms. The van der Waals surface area contributed by atoms with Crippen molar-refractivity contribution in [2.75, 3.05) is 11.9 Å². The molecule has 5 nitrogen and oxygen atoms in total. The molecule has 0 atom stereocenters. The van der Waals surface area contributed by atoms with Gasteiger partial charge in [0.1, 0.15) is 11.8 Å². The van der Waals surface area contributed by atoms with Crippen molar-refractivity contribution >= 4 is 40.3 Å². The Morgan fingerprint density at radius 1 is 1.19 bits per heavy atom. The number of hydrogen-bond acceptors (Lipinski definition) is 4. The first-order valence-corrected chi connectivity index (χ1v) is 6.57. The van der Waals surface area contributed by atoms with E-state index in [0.717, 1.165) is 0 Å². The highest BCUT2D eigenvalue weighted by Gasteiger charge is 2.22. The number of hydrogen-bond donors (Lipinski definition) is 0. The van der Waals surface area contributed by atoms with Gasteiger partial charge in [-0.2, -0.15) is 5.26 Å². The molecule has 0 aromatic heterocycles. The summed E-state index contributed by atoms with van der Waals surface area (Å²) < 4.78 is 0. The lowest BCUT2D eigenvalue weighted by molar-refractivity contribution is -0.384. The Kier molecular flexibility index (Phi) is 4.32. The average Bonchev–Trinajstić information content (AvgIpc) is 2.48. The van der Waals surface area contributed by atoms with Crippen LogP contribution in [-0.4, -0.2) is 12.0 Å². The van der Waals surface area contributed by atoms with Crippen molar-refractivity contribution in [1.82, 2.24) is 0 Å². The van der Waals surface area contributed by atoms with Gasteiger partial charge >= 0.3 is 0 Å². The van der Waals surface area contributed by atoms with E-state index in [0.29, 0.717) is 11.3 Å². The van der Waals surface area contributed by atoms with Crippen molar-refractivity contribution in [3.05, 3.63) is 62.1 Å². The number of nitro benzene ring substituents is 1. The summed E-state index contributed by atoms with van der Waals surface area (Å²) in [7, 11) is 1.63. The number of nitriles is 1. The van der Waals surface area contributed by atoms with Crippen LogP contribution in [0.15, 0.2) is 36.4 Å². The summed E-state index contributed by atoms with van der Waals surface area (Å²) >= 11 is 11.8. The zero-order valence-corrected chi connectivity index (χ0v) is 12.4. The third kappa shape index (κ3) is 2.92. The summed E-state index contributed by atoms with van der Waals surface area (Å²) in [6.45, 7) is 0. The molecule has 0 aliphatic heterocycles. The number of benzene rings is 2. The Morgan fingerprint density at radius 3 is 2.43 bits per heavy atom. The van der Waals surface area contributed by atoms with Gasteiger partial charge in [0.05, 0.1) is 26.2 Å². The molecule has 0 saturated heterocycles. The van der Waals surface area contributed by atoms with Crippen LogP contribution >= 0.6 is 23.2 Å². The monoisotopic (exact) mass is 321 g/mol. The first-order chi connectivity index (χ1) is 9.95. The van der Waals surface area contributed by atoms with Crippen LogP contribution in [0.5, 0.6) is 0 Å². The van der Waals surface area contributed by atoms with Gasteiger partial charge < -0.3 is 4.90 Å². The summed E-state index contributed by atoms with van der Waals surface area (Å²) in [4.78, 5) is 12.2. The van der Waals surface area contributed by atoms with Gasteiger partial charge in [-0.3, -0.25) is 10.1 Å². The molecule has 0 heterocycles. The molecule has 0 amide bonds. The molecular formula is C14H9Cl2N3O2. The molecule has 2 aromatic carbocycles. The second-order valence-electron chi connectivity index (χ2n) is 4.20. The van der Waals surface area contributed by atoms with E-state index < -0.39 is 4.92 Å². The second-order valence-corrected chi connectivity index (χ2v) is 5.01. The van der Waals surface area contributed by atoms with Gasteiger partial charge in [0, 0.05) is 13.1 Å². The molecule has 0 N–H and O–H groups in total. The molecule has 0 radical (unpaired) electrons. The molecular weight excluding hydrogens is 313 g/mol. The van der Waals surface area contributed by atoms with Gasteiger partial charge in [-0.05, 0) is 18.2 Å². The lowest BCUT2D eigenvalue weighted by atomic mass is 10.1. The number of para-hydroxylation sites is 1. The molecule has 0 spiro atoms. The molecule has 0 fully saturated rings. The number of nitrogens with zero attached hydrogens (tertiary/aromatic N) is 3. The smallest absolute Gasteiger partial charge is 0.294 e. The Balaban J connectivity index is 2.63. The van der Waals surface area contributed by atoms with Crippen molar-refractivity contribution in [1.29, 1.82) is 5.26 Å². The first-order valence-electron chi connectivity index (χ1n) is 5.82. The third-order valence-electron chi connectivity index (χ3n) is 2.96. The van der Waals surface area contributed by atoms with Crippen LogP contribution in [-0.2, 0) is 0 Å². The van der Waals surface area contributed by atoms with E-state index in [1.165, 1.54) is 12.1 Å². The van der Waals surface area contributed by atoms with E-state index in [-0.39, 0.29) is 21.4 Å². The minimum atomic E-state index is -0.539. The zero-order valence-electron chi connectivity index (χ0n) is 10.9. The number of rotatable bonds is 3. The van der Waals surface area contributed by atoms with Gasteiger partial charge in [0.15, 0.2) is 0 Å². The fourth-order valence-electron chi connectivity index (χ4n) is 1.93. The summed E-state index contributed by atoms with van der Waals surface area (Å²) in [6.07, 6.45) is 0. The first kappa shape index (κ1) is 15.1. The maximum Gasteiger partial charge on any atom is 0.294 e.